The smallest absolute Gasteiger partial charge is 0.222 e. The van der Waals surface area contributed by atoms with Crippen molar-refractivity contribution >= 4 is 45.9 Å². The highest BCUT2D eigenvalue weighted by Crippen LogP contribution is 2.36. The Hall–Kier alpha value is -2.04. The van der Waals surface area contributed by atoms with Crippen LogP contribution in [0.3, 0.4) is 0 Å². The van der Waals surface area contributed by atoms with E-state index < -0.39 is 0 Å². The van der Waals surface area contributed by atoms with Gasteiger partial charge in [-0.15, -0.1) is 0 Å². The second-order valence-corrected chi connectivity index (χ2v) is 5.11. The second kappa shape index (κ2) is 4.81. The zero-order valence-electron chi connectivity index (χ0n) is 10.3. The summed E-state index contributed by atoms with van der Waals surface area (Å²) < 4.78 is 0. The molecule has 4 nitrogen and oxygen atoms in total. The van der Waals surface area contributed by atoms with Crippen LogP contribution in [0.5, 0.6) is 0 Å². The summed E-state index contributed by atoms with van der Waals surface area (Å²) in [4.78, 5) is 8.08. The van der Waals surface area contributed by atoms with E-state index in [-0.39, 0.29) is 11.8 Å². The van der Waals surface area contributed by atoms with Crippen molar-refractivity contribution in [3.8, 4) is 11.1 Å². The molecule has 1 aromatic heterocycles. The summed E-state index contributed by atoms with van der Waals surface area (Å²) in [6.45, 7) is 0. The number of rotatable bonds is 1. The first-order valence-corrected chi connectivity index (χ1v) is 6.59. The normalized spacial score (nSPS) is 10.9. The molecule has 3 rings (SSSR count). The lowest BCUT2D eigenvalue weighted by atomic mass is 10.0. The van der Waals surface area contributed by atoms with Crippen LogP contribution in [0.25, 0.3) is 22.0 Å². The summed E-state index contributed by atoms with van der Waals surface area (Å²) in [6, 6.07) is 11.1. The van der Waals surface area contributed by atoms with Gasteiger partial charge in [0.1, 0.15) is 5.82 Å². The second-order valence-electron chi connectivity index (χ2n) is 4.30. The third-order valence-electron chi connectivity index (χ3n) is 3.00. The van der Waals surface area contributed by atoms with E-state index in [1.54, 1.807) is 12.1 Å². The van der Waals surface area contributed by atoms with Crippen molar-refractivity contribution in [1.29, 1.82) is 0 Å². The van der Waals surface area contributed by atoms with Gasteiger partial charge in [-0.3, -0.25) is 0 Å². The molecule has 0 spiro atoms. The molecule has 0 atom stereocenters. The molecule has 3 aromatic rings. The molecular weight excluding hydrogens is 295 g/mol. The molecule has 0 bridgehead atoms. The molecular formula is C14H10Cl2N4. The third kappa shape index (κ3) is 2.13. The Labute approximate surface area is 125 Å². The van der Waals surface area contributed by atoms with Crippen molar-refractivity contribution in [2.24, 2.45) is 0 Å². The maximum atomic E-state index is 6.44. The number of fused-ring (bicyclic) bond motifs is 1. The monoisotopic (exact) mass is 304 g/mol. The van der Waals surface area contributed by atoms with Gasteiger partial charge < -0.3 is 11.5 Å². The number of nitrogen functional groups attached to an aromatic ring is 2. The number of hydrogen-bond acceptors (Lipinski definition) is 4. The van der Waals surface area contributed by atoms with Crippen molar-refractivity contribution in [1.82, 2.24) is 9.97 Å². The first kappa shape index (κ1) is 13.0. The van der Waals surface area contributed by atoms with Crippen LogP contribution in [0.4, 0.5) is 11.8 Å². The predicted molar refractivity (Wildman–Crippen MR) is 83.8 cm³/mol. The third-order valence-corrected chi connectivity index (χ3v) is 3.65. The fraction of sp³-hybridized carbons (Fsp3) is 0. The molecule has 20 heavy (non-hydrogen) atoms. The van der Waals surface area contributed by atoms with Gasteiger partial charge in [-0.25, -0.2) is 4.98 Å². The molecule has 100 valence electrons. The summed E-state index contributed by atoms with van der Waals surface area (Å²) in [5, 5.41) is 1.77. The topological polar surface area (TPSA) is 77.8 Å². The minimum Gasteiger partial charge on any atom is -0.383 e. The fourth-order valence-corrected chi connectivity index (χ4v) is 2.57. The van der Waals surface area contributed by atoms with E-state index >= 15 is 0 Å². The van der Waals surface area contributed by atoms with Crippen molar-refractivity contribution in [2.45, 2.75) is 0 Å². The first-order chi connectivity index (χ1) is 9.56. The maximum Gasteiger partial charge on any atom is 0.222 e. The van der Waals surface area contributed by atoms with Gasteiger partial charge in [0.05, 0.1) is 15.9 Å². The van der Waals surface area contributed by atoms with E-state index in [1.807, 2.05) is 24.3 Å². The Morgan fingerprint density at radius 2 is 1.55 bits per heavy atom. The van der Waals surface area contributed by atoms with Crippen molar-refractivity contribution in [3.05, 3.63) is 46.4 Å². The lowest BCUT2D eigenvalue weighted by Crippen LogP contribution is -2.01. The number of anilines is 2. The lowest BCUT2D eigenvalue weighted by Gasteiger charge is -2.09. The Balaban J connectivity index is 2.28. The maximum absolute atomic E-state index is 6.44. The number of benzene rings is 2. The Morgan fingerprint density at radius 3 is 2.25 bits per heavy atom. The standard InChI is InChI=1S/C14H10Cl2N4/c15-8-3-1-7(2-4-8)9-5-6-10-11(12(9)16)13(17)20-14(18)19-10/h1-6H,(H4,17,18,19,20). The van der Waals surface area contributed by atoms with E-state index in [0.29, 0.717) is 20.9 Å². The summed E-state index contributed by atoms with van der Waals surface area (Å²) in [6.07, 6.45) is 0. The van der Waals surface area contributed by atoms with Crippen LogP contribution >= 0.6 is 23.2 Å². The summed E-state index contributed by atoms with van der Waals surface area (Å²) >= 11 is 12.3. The molecule has 0 aliphatic carbocycles. The number of nitrogens with two attached hydrogens (primary N) is 2. The molecule has 0 radical (unpaired) electrons. The molecule has 0 aliphatic rings. The average molecular weight is 305 g/mol. The lowest BCUT2D eigenvalue weighted by molar-refractivity contribution is 1.25. The minimum absolute atomic E-state index is 0.130. The van der Waals surface area contributed by atoms with Gasteiger partial charge in [-0.05, 0) is 23.8 Å². The first-order valence-electron chi connectivity index (χ1n) is 5.83. The number of hydrogen-bond donors (Lipinski definition) is 2. The fourth-order valence-electron chi connectivity index (χ4n) is 2.08. The zero-order chi connectivity index (χ0) is 14.3. The SMILES string of the molecule is Nc1nc(N)c2c(Cl)c(-c3ccc(Cl)cc3)ccc2n1. The van der Waals surface area contributed by atoms with Crippen molar-refractivity contribution in [2.75, 3.05) is 11.5 Å². The van der Waals surface area contributed by atoms with Crippen LogP contribution in [0.1, 0.15) is 0 Å². The highest BCUT2D eigenvalue weighted by molar-refractivity contribution is 6.39. The Kier molecular flexibility index (Phi) is 3.12. The van der Waals surface area contributed by atoms with Crippen LogP contribution in [0, 0.1) is 0 Å². The van der Waals surface area contributed by atoms with Gasteiger partial charge in [0, 0.05) is 10.6 Å². The van der Waals surface area contributed by atoms with E-state index in [9.17, 15) is 0 Å². The van der Waals surface area contributed by atoms with E-state index in [0.717, 1.165) is 11.1 Å². The van der Waals surface area contributed by atoms with Gasteiger partial charge >= 0.3 is 0 Å². The van der Waals surface area contributed by atoms with Crippen LogP contribution in [0.15, 0.2) is 36.4 Å². The number of aromatic nitrogens is 2. The molecule has 0 unspecified atom stereocenters. The summed E-state index contributed by atoms with van der Waals surface area (Å²) in [5.41, 5.74) is 13.9. The van der Waals surface area contributed by atoms with Gasteiger partial charge in [0.25, 0.3) is 0 Å². The molecule has 0 amide bonds. The van der Waals surface area contributed by atoms with Crippen molar-refractivity contribution < 1.29 is 0 Å². The van der Waals surface area contributed by atoms with Gasteiger partial charge in [-0.1, -0.05) is 41.4 Å². The zero-order valence-corrected chi connectivity index (χ0v) is 11.8. The van der Waals surface area contributed by atoms with E-state index in [1.165, 1.54) is 0 Å². The van der Waals surface area contributed by atoms with Crippen LogP contribution in [-0.4, -0.2) is 9.97 Å². The summed E-state index contributed by atoms with van der Waals surface area (Å²) in [5.74, 6) is 0.402. The number of nitrogens with zero attached hydrogens (tertiary/aromatic N) is 2. The van der Waals surface area contributed by atoms with Gasteiger partial charge in [0.2, 0.25) is 5.95 Å². The quantitative estimate of drug-likeness (QED) is 0.717. The highest BCUT2D eigenvalue weighted by atomic mass is 35.5. The molecule has 6 heteroatoms. The molecule has 1 heterocycles. The molecule has 0 saturated heterocycles. The Bertz CT molecular complexity index is 800. The van der Waals surface area contributed by atoms with Gasteiger partial charge in [0.15, 0.2) is 0 Å². The highest BCUT2D eigenvalue weighted by Gasteiger charge is 2.12. The van der Waals surface area contributed by atoms with Crippen LogP contribution in [0.2, 0.25) is 10.0 Å². The molecule has 0 aliphatic heterocycles. The largest absolute Gasteiger partial charge is 0.383 e. The predicted octanol–water partition coefficient (Wildman–Crippen LogP) is 3.77. The summed E-state index contributed by atoms with van der Waals surface area (Å²) in [7, 11) is 0. The van der Waals surface area contributed by atoms with Crippen LogP contribution < -0.4 is 11.5 Å². The average Bonchev–Trinajstić information content (AvgIpc) is 2.39. The van der Waals surface area contributed by atoms with E-state index in [4.69, 9.17) is 34.7 Å². The van der Waals surface area contributed by atoms with Gasteiger partial charge in [-0.2, -0.15) is 4.98 Å². The van der Waals surface area contributed by atoms with Crippen LogP contribution in [-0.2, 0) is 0 Å². The van der Waals surface area contributed by atoms with Crippen molar-refractivity contribution in [3.63, 3.8) is 0 Å². The Morgan fingerprint density at radius 1 is 0.850 bits per heavy atom. The number of halogens is 2. The molecule has 4 N–H and O–H groups in total. The molecule has 0 saturated carbocycles. The minimum atomic E-state index is 0.130. The molecule has 2 aromatic carbocycles. The molecule has 0 fully saturated rings. The van der Waals surface area contributed by atoms with E-state index in [2.05, 4.69) is 9.97 Å².